The van der Waals surface area contributed by atoms with E-state index in [1.807, 2.05) is 29.2 Å². The van der Waals surface area contributed by atoms with Gasteiger partial charge in [-0.2, -0.15) is 5.10 Å². The number of hydrogen-bond acceptors (Lipinski definition) is 5. The third-order valence-corrected chi connectivity index (χ3v) is 5.84. The number of rotatable bonds is 2. The van der Waals surface area contributed by atoms with Gasteiger partial charge in [-0.1, -0.05) is 12.1 Å². The molecule has 0 amide bonds. The molecule has 2 aromatic heterocycles. The third-order valence-electron chi connectivity index (χ3n) is 4.91. The van der Waals surface area contributed by atoms with Gasteiger partial charge < -0.3 is 9.31 Å². The van der Waals surface area contributed by atoms with Crippen LogP contribution in [0.4, 0.5) is 0 Å². The van der Waals surface area contributed by atoms with Crippen LogP contribution in [0.2, 0.25) is 0 Å². The molecule has 0 radical (unpaired) electrons. The highest BCUT2D eigenvalue weighted by Gasteiger charge is 2.51. The van der Waals surface area contributed by atoms with E-state index in [0.717, 1.165) is 27.2 Å². The van der Waals surface area contributed by atoms with Gasteiger partial charge in [-0.25, -0.2) is 9.67 Å². The van der Waals surface area contributed by atoms with E-state index in [4.69, 9.17) is 9.31 Å². The van der Waals surface area contributed by atoms with E-state index in [1.165, 1.54) is 0 Å². The highest BCUT2D eigenvalue weighted by atomic mass is 32.1. The minimum absolute atomic E-state index is 0.348. The Bertz CT molecular complexity index is 900. The lowest BCUT2D eigenvalue weighted by molar-refractivity contribution is 0.00578. The van der Waals surface area contributed by atoms with E-state index in [2.05, 4.69) is 49.9 Å². The van der Waals surface area contributed by atoms with Crippen molar-refractivity contribution in [2.75, 3.05) is 0 Å². The fourth-order valence-electron chi connectivity index (χ4n) is 2.75. The first-order valence-electron chi connectivity index (χ1n) is 8.03. The summed E-state index contributed by atoms with van der Waals surface area (Å²) in [5, 5.41) is 8.46. The summed E-state index contributed by atoms with van der Waals surface area (Å²) in [4.78, 5) is 4.53. The maximum Gasteiger partial charge on any atom is 0.494 e. The molecule has 1 fully saturated rings. The first kappa shape index (κ1) is 15.8. The molecule has 24 heavy (non-hydrogen) atoms. The maximum atomic E-state index is 6.16. The molecule has 0 atom stereocenters. The summed E-state index contributed by atoms with van der Waals surface area (Å²) in [5.41, 5.74) is 2.31. The third kappa shape index (κ3) is 2.39. The summed E-state index contributed by atoms with van der Waals surface area (Å²) in [6.45, 7) is 10.2. The molecule has 0 bridgehead atoms. The minimum atomic E-state index is -0.374. The Balaban J connectivity index is 1.76. The van der Waals surface area contributed by atoms with Gasteiger partial charge in [0.05, 0.1) is 28.6 Å². The molecule has 1 aliphatic heterocycles. The van der Waals surface area contributed by atoms with Crippen LogP contribution in [0, 0.1) is 6.92 Å². The zero-order chi connectivity index (χ0) is 17.1. The molecule has 3 aromatic rings. The lowest BCUT2D eigenvalue weighted by Gasteiger charge is -2.32. The molecule has 3 heterocycles. The SMILES string of the molecule is Cc1csc(-n2ncc3ccc(B4OC(C)(C)C(C)(C)O4)cc32)n1. The van der Waals surface area contributed by atoms with Crippen molar-refractivity contribution in [3.05, 3.63) is 35.5 Å². The van der Waals surface area contributed by atoms with Crippen molar-refractivity contribution in [1.82, 2.24) is 14.8 Å². The maximum absolute atomic E-state index is 6.16. The van der Waals surface area contributed by atoms with E-state index in [9.17, 15) is 0 Å². The normalized spacial score (nSPS) is 19.3. The van der Waals surface area contributed by atoms with E-state index in [0.29, 0.717) is 0 Å². The Morgan fingerprint density at radius 1 is 1.12 bits per heavy atom. The Morgan fingerprint density at radius 2 is 1.83 bits per heavy atom. The molecule has 0 N–H and O–H groups in total. The second-order valence-corrected chi connectivity index (χ2v) is 8.07. The number of aromatic nitrogens is 3. The molecule has 5 nitrogen and oxygen atoms in total. The molecule has 0 spiro atoms. The molecule has 1 aliphatic rings. The summed E-state index contributed by atoms with van der Waals surface area (Å²) in [6.07, 6.45) is 1.86. The molecule has 1 aromatic carbocycles. The van der Waals surface area contributed by atoms with Gasteiger partial charge in [0.2, 0.25) is 5.13 Å². The summed E-state index contributed by atoms with van der Waals surface area (Å²) >= 11 is 1.59. The number of nitrogens with zero attached hydrogens (tertiary/aromatic N) is 3. The number of aryl methyl sites for hydroxylation is 1. The summed E-state index contributed by atoms with van der Waals surface area (Å²) in [7, 11) is -0.374. The number of benzene rings is 1. The van der Waals surface area contributed by atoms with Crippen molar-refractivity contribution in [2.45, 2.75) is 45.8 Å². The van der Waals surface area contributed by atoms with Crippen LogP contribution in [0.5, 0.6) is 0 Å². The predicted molar refractivity (Wildman–Crippen MR) is 97.2 cm³/mol. The quantitative estimate of drug-likeness (QED) is 0.672. The Kier molecular flexibility index (Phi) is 3.39. The molecule has 7 heteroatoms. The molecule has 1 saturated heterocycles. The lowest BCUT2D eigenvalue weighted by Crippen LogP contribution is -2.41. The zero-order valence-electron chi connectivity index (χ0n) is 14.5. The van der Waals surface area contributed by atoms with Gasteiger partial charge in [-0.3, -0.25) is 0 Å². The van der Waals surface area contributed by atoms with Gasteiger partial charge in [0.1, 0.15) is 0 Å². The topological polar surface area (TPSA) is 49.2 Å². The molecule has 0 unspecified atom stereocenters. The molecule has 4 rings (SSSR count). The monoisotopic (exact) mass is 341 g/mol. The fraction of sp³-hybridized carbons (Fsp3) is 0.412. The second-order valence-electron chi connectivity index (χ2n) is 7.23. The minimum Gasteiger partial charge on any atom is -0.399 e. The average molecular weight is 341 g/mol. The van der Waals surface area contributed by atoms with Crippen LogP contribution in [0.1, 0.15) is 33.4 Å². The van der Waals surface area contributed by atoms with E-state index >= 15 is 0 Å². The zero-order valence-corrected chi connectivity index (χ0v) is 15.3. The van der Waals surface area contributed by atoms with Crippen LogP contribution in [-0.2, 0) is 9.31 Å². The largest absolute Gasteiger partial charge is 0.494 e. The van der Waals surface area contributed by atoms with Crippen molar-refractivity contribution in [2.24, 2.45) is 0 Å². The van der Waals surface area contributed by atoms with Crippen molar-refractivity contribution < 1.29 is 9.31 Å². The second kappa shape index (κ2) is 5.15. The highest BCUT2D eigenvalue weighted by Crippen LogP contribution is 2.36. The first-order valence-corrected chi connectivity index (χ1v) is 8.91. The predicted octanol–water partition coefficient (Wildman–Crippen LogP) is 3.09. The van der Waals surface area contributed by atoms with Crippen LogP contribution >= 0.6 is 11.3 Å². The van der Waals surface area contributed by atoms with Crippen molar-refractivity contribution in [1.29, 1.82) is 0 Å². The summed E-state index contributed by atoms with van der Waals surface area (Å²) in [5.74, 6) is 0. The molecule has 0 aliphatic carbocycles. The van der Waals surface area contributed by atoms with Crippen LogP contribution in [0.15, 0.2) is 29.8 Å². The van der Waals surface area contributed by atoms with Gasteiger partial charge in [-0.05, 0) is 46.1 Å². The van der Waals surface area contributed by atoms with Crippen molar-refractivity contribution >= 4 is 34.8 Å². The molecule has 124 valence electrons. The molecule has 0 saturated carbocycles. The molecular formula is C17H20BN3O2S. The Morgan fingerprint density at radius 3 is 2.46 bits per heavy atom. The Hall–Kier alpha value is -1.70. The smallest absolute Gasteiger partial charge is 0.399 e. The number of fused-ring (bicyclic) bond motifs is 1. The first-order chi connectivity index (χ1) is 11.3. The molecular weight excluding hydrogens is 321 g/mol. The van der Waals surface area contributed by atoms with Gasteiger partial charge in [0, 0.05) is 10.8 Å². The number of thiazole rings is 1. The summed E-state index contributed by atoms with van der Waals surface area (Å²) in [6, 6.07) is 6.19. The van der Waals surface area contributed by atoms with Crippen molar-refractivity contribution in [3.8, 4) is 5.13 Å². The lowest BCUT2D eigenvalue weighted by atomic mass is 9.79. The standard InChI is InChI=1S/C17H20BN3O2S/c1-11-10-24-15(20-11)21-14-8-13(7-6-12(14)9-19-21)18-22-16(2,3)17(4,5)23-18/h6-10H,1-5H3. The van der Waals surface area contributed by atoms with Crippen LogP contribution in [-0.4, -0.2) is 33.1 Å². The van der Waals surface area contributed by atoms with Crippen LogP contribution < -0.4 is 5.46 Å². The number of hydrogen-bond donors (Lipinski definition) is 0. The van der Waals surface area contributed by atoms with Crippen LogP contribution in [0.25, 0.3) is 16.0 Å². The summed E-state index contributed by atoms with van der Waals surface area (Å²) < 4.78 is 14.2. The van der Waals surface area contributed by atoms with Crippen LogP contribution in [0.3, 0.4) is 0 Å². The van der Waals surface area contributed by atoms with Gasteiger partial charge in [-0.15, -0.1) is 11.3 Å². The van der Waals surface area contributed by atoms with E-state index in [1.54, 1.807) is 11.3 Å². The average Bonchev–Trinajstić information content (AvgIpc) is 3.15. The van der Waals surface area contributed by atoms with Crippen molar-refractivity contribution in [3.63, 3.8) is 0 Å². The fourth-order valence-corrected chi connectivity index (χ4v) is 3.52. The van der Waals surface area contributed by atoms with Gasteiger partial charge in [0.15, 0.2) is 0 Å². The van der Waals surface area contributed by atoms with Gasteiger partial charge >= 0.3 is 7.12 Å². The van der Waals surface area contributed by atoms with E-state index < -0.39 is 0 Å². The van der Waals surface area contributed by atoms with Gasteiger partial charge in [0.25, 0.3) is 0 Å². The van der Waals surface area contributed by atoms with E-state index in [-0.39, 0.29) is 18.3 Å². The highest BCUT2D eigenvalue weighted by molar-refractivity contribution is 7.12. The Labute approximate surface area is 145 Å².